The molecule has 2 aliphatic rings. The monoisotopic (exact) mass is 256 g/mol. The first-order chi connectivity index (χ1) is 8.11. The first-order valence-electron chi connectivity index (χ1n) is 6.70. The molecule has 2 rings (SSSR count). The zero-order valence-corrected chi connectivity index (χ0v) is 11.7. The molecule has 1 saturated heterocycles. The Morgan fingerprint density at radius 3 is 2.76 bits per heavy atom. The normalized spacial score (nSPS) is 26.9. The molecule has 1 saturated carbocycles. The van der Waals surface area contributed by atoms with Crippen LogP contribution < -0.4 is 10.6 Å². The van der Waals surface area contributed by atoms with Gasteiger partial charge in [0.15, 0.2) is 0 Å². The summed E-state index contributed by atoms with van der Waals surface area (Å²) < 4.78 is 0. The Balaban J connectivity index is 1.77. The lowest BCUT2D eigenvalue weighted by Crippen LogP contribution is -2.48. The van der Waals surface area contributed by atoms with E-state index in [0.717, 1.165) is 24.1 Å². The van der Waals surface area contributed by atoms with Gasteiger partial charge in [0.25, 0.3) is 0 Å². The third-order valence-corrected chi connectivity index (χ3v) is 4.87. The van der Waals surface area contributed by atoms with E-state index < -0.39 is 0 Å². The van der Waals surface area contributed by atoms with E-state index in [1.54, 1.807) is 11.8 Å². The molecule has 17 heavy (non-hydrogen) atoms. The van der Waals surface area contributed by atoms with E-state index in [9.17, 15) is 4.79 Å². The molecule has 0 radical (unpaired) electrons. The fourth-order valence-corrected chi connectivity index (χ4v) is 3.90. The van der Waals surface area contributed by atoms with Crippen molar-refractivity contribution < 1.29 is 4.79 Å². The van der Waals surface area contributed by atoms with E-state index in [-0.39, 0.29) is 11.9 Å². The minimum Gasteiger partial charge on any atom is -0.354 e. The Labute approximate surface area is 108 Å². The minimum atomic E-state index is 0.0381. The molecule has 98 valence electrons. The molecule has 1 amide bonds. The first-order valence-corrected chi connectivity index (χ1v) is 7.86. The van der Waals surface area contributed by atoms with Crippen molar-refractivity contribution in [2.45, 2.75) is 45.6 Å². The smallest absolute Gasteiger partial charge is 0.238 e. The molecule has 0 spiro atoms. The number of rotatable bonds is 5. The van der Waals surface area contributed by atoms with Gasteiger partial charge in [-0.05, 0) is 30.6 Å². The Kier molecular flexibility index (Phi) is 4.36. The van der Waals surface area contributed by atoms with Crippen molar-refractivity contribution in [3.8, 4) is 0 Å². The Bertz CT molecular complexity index is 271. The van der Waals surface area contributed by atoms with Gasteiger partial charge in [-0.3, -0.25) is 10.1 Å². The summed E-state index contributed by atoms with van der Waals surface area (Å²) in [5, 5.41) is 6.38. The molecule has 1 atom stereocenters. The molecule has 1 heterocycles. The molecular weight excluding hydrogens is 232 g/mol. The van der Waals surface area contributed by atoms with E-state index in [0.29, 0.717) is 5.41 Å². The lowest BCUT2D eigenvalue weighted by atomic mass is 9.64. The predicted molar refractivity (Wildman–Crippen MR) is 73.0 cm³/mol. The first kappa shape index (κ1) is 13.2. The highest BCUT2D eigenvalue weighted by Gasteiger charge is 2.38. The second-order valence-corrected chi connectivity index (χ2v) is 6.97. The van der Waals surface area contributed by atoms with E-state index in [1.807, 2.05) is 0 Å². The molecule has 4 heteroatoms. The Hall–Kier alpha value is -0.220. The van der Waals surface area contributed by atoms with Crippen LogP contribution in [0.1, 0.15) is 39.5 Å². The van der Waals surface area contributed by atoms with Gasteiger partial charge in [0.1, 0.15) is 0 Å². The standard InChI is InChI=1S/C13H24N2OS/c1-10(2)6-13(4-3-5-13)8-14-12(16)11-7-17-9-15-11/h10-11,15H,3-9H2,1-2H3,(H,14,16). The van der Waals surface area contributed by atoms with Crippen molar-refractivity contribution >= 4 is 17.7 Å². The van der Waals surface area contributed by atoms with Gasteiger partial charge in [-0.25, -0.2) is 0 Å². The van der Waals surface area contributed by atoms with Crippen molar-refractivity contribution in [1.29, 1.82) is 0 Å². The molecule has 3 nitrogen and oxygen atoms in total. The van der Waals surface area contributed by atoms with Crippen LogP contribution in [-0.2, 0) is 4.79 Å². The van der Waals surface area contributed by atoms with Crippen LogP contribution in [0.4, 0.5) is 0 Å². The van der Waals surface area contributed by atoms with Crippen molar-refractivity contribution in [2.24, 2.45) is 11.3 Å². The molecule has 0 aromatic heterocycles. The third-order valence-electron chi connectivity index (χ3n) is 3.93. The summed E-state index contributed by atoms with van der Waals surface area (Å²) >= 11 is 1.80. The zero-order valence-electron chi connectivity index (χ0n) is 10.9. The van der Waals surface area contributed by atoms with Crippen LogP contribution in [0.2, 0.25) is 0 Å². The fourth-order valence-electron chi connectivity index (χ4n) is 2.96. The summed E-state index contributed by atoms with van der Waals surface area (Å²) in [6.07, 6.45) is 5.16. The fraction of sp³-hybridized carbons (Fsp3) is 0.923. The Morgan fingerprint density at radius 1 is 1.53 bits per heavy atom. The van der Waals surface area contributed by atoms with Gasteiger partial charge in [-0.2, -0.15) is 0 Å². The lowest BCUT2D eigenvalue weighted by Gasteiger charge is -2.43. The number of amides is 1. The maximum absolute atomic E-state index is 11.9. The number of hydrogen-bond acceptors (Lipinski definition) is 3. The molecular formula is C13H24N2OS. The highest BCUT2D eigenvalue weighted by atomic mass is 32.2. The molecule has 2 fully saturated rings. The van der Waals surface area contributed by atoms with Crippen LogP contribution in [0.5, 0.6) is 0 Å². The van der Waals surface area contributed by atoms with Gasteiger partial charge in [-0.15, -0.1) is 11.8 Å². The maximum atomic E-state index is 11.9. The van der Waals surface area contributed by atoms with Crippen LogP contribution in [0.25, 0.3) is 0 Å². The van der Waals surface area contributed by atoms with Crippen LogP contribution in [-0.4, -0.2) is 30.1 Å². The van der Waals surface area contributed by atoms with Crippen molar-refractivity contribution in [1.82, 2.24) is 10.6 Å². The zero-order chi connectivity index (χ0) is 12.3. The predicted octanol–water partition coefficient (Wildman–Crippen LogP) is 1.98. The molecule has 0 bridgehead atoms. The average molecular weight is 256 g/mol. The lowest BCUT2D eigenvalue weighted by molar-refractivity contribution is -0.123. The van der Waals surface area contributed by atoms with Gasteiger partial charge < -0.3 is 5.32 Å². The number of carbonyl (C=O) groups excluding carboxylic acids is 1. The highest BCUT2D eigenvalue weighted by Crippen LogP contribution is 2.45. The van der Waals surface area contributed by atoms with Crippen molar-refractivity contribution in [3.63, 3.8) is 0 Å². The van der Waals surface area contributed by atoms with Crippen LogP contribution in [0.3, 0.4) is 0 Å². The summed E-state index contributed by atoms with van der Waals surface area (Å²) in [6.45, 7) is 5.43. The molecule has 1 aliphatic carbocycles. The summed E-state index contributed by atoms with van der Waals surface area (Å²) in [7, 11) is 0. The van der Waals surface area contributed by atoms with Crippen LogP contribution in [0, 0.1) is 11.3 Å². The van der Waals surface area contributed by atoms with Gasteiger partial charge in [-0.1, -0.05) is 20.3 Å². The van der Waals surface area contributed by atoms with E-state index in [2.05, 4.69) is 24.5 Å². The molecule has 1 aliphatic heterocycles. The minimum absolute atomic E-state index is 0.0381. The number of thioether (sulfide) groups is 1. The SMILES string of the molecule is CC(C)CC1(CNC(=O)C2CSCN2)CCC1. The Morgan fingerprint density at radius 2 is 2.29 bits per heavy atom. The highest BCUT2D eigenvalue weighted by molar-refractivity contribution is 7.99. The van der Waals surface area contributed by atoms with Gasteiger partial charge >= 0.3 is 0 Å². The van der Waals surface area contributed by atoms with Crippen LogP contribution >= 0.6 is 11.8 Å². The van der Waals surface area contributed by atoms with E-state index in [4.69, 9.17) is 0 Å². The largest absolute Gasteiger partial charge is 0.354 e. The van der Waals surface area contributed by atoms with E-state index >= 15 is 0 Å². The molecule has 1 unspecified atom stereocenters. The van der Waals surface area contributed by atoms with E-state index in [1.165, 1.54) is 25.7 Å². The molecule has 0 aromatic rings. The van der Waals surface area contributed by atoms with Gasteiger partial charge in [0.2, 0.25) is 5.91 Å². The third kappa shape index (κ3) is 3.38. The molecule has 0 aromatic carbocycles. The van der Waals surface area contributed by atoms with Crippen LogP contribution in [0.15, 0.2) is 0 Å². The summed E-state index contributed by atoms with van der Waals surface area (Å²) in [5.41, 5.74) is 0.412. The van der Waals surface area contributed by atoms with Crippen molar-refractivity contribution in [3.05, 3.63) is 0 Å². The quantitative estimate of drug-likeness (QED) is 0.790. The summed E-state index contributed by atoms with van der Waals surface area (Å²) in [6, 6.07) is 0.0381. The number of hydrogen-bond donors (Lipinski definition) is 2. The average Bonchev–Trinajstić information content (AvgIpc) is 2.74. The maximum Gasteiger partial charge on any atom is 0.238 e. The number of carbonyl (C=O) groups is 1. The summed E-state index contributed by atoms with van der Waals surface area (Å²) in [5.74, 6) is 2.76. The second-order valence-electron chi connectivity index (χ2n) is 5.94. The van der Waals surface area contributed by atoms with Crippen molar-refractivity contribution in [2.75, 3.05) is 18.2 Å². The van der Waals surface area contributed by atoms with Gasteiger partial charge in [0, 0.05) is 18.2 Å². The topological polar surface area (TPSA) is 41.1 Å². The second kappa shape index (κ2) is 5.61. The van der Waals surface area contributed by atoms with Gasteiger partial charge in [0.05, 0.1) is 6.04 Å². The summed E-state index contributed by atoms with van der Waals surface area (Å²) in [4.78, 5) is 11.9. The molecule has 2 N–H and O–H groups in total. The number of nitrogens with one attached hydrogen (secondary N) is 2.